The molecule has 122 valence electrons. The quantitative estimate of drug-likeness (QED) is 0.747. The molecule has 1 N–H and O–H groups in total. The molecule has 5 rings (SSSR count). The minimum atomic E-state index is -0.297. The second-order valence-electron chi connectivity index (χ2n) is 6.51. The van der Waals surface area contributed by atoms with Gasteiger partial charge in [0, 0.05) is 11.3 Å². The van der Waals surface area contributed by atoms with Gasteiger partial charge in [-0.3, -0.25) is 0 Å². The van der Waals surface area contributed by atoms with Crippen LogP contribution in [0.2, 0.25) is 0 Å². The Hall–Kier alpha value is -2.47. The van der Waals surface area contributed by atoms with Crippen LogP contribution >= 0.6 is 0 Å². The predicted molar refractivity (Wildman–Crippen MR) is 87.9 cm³/mol. The van der Waals surface area contributed by atoms with Crippen molar-refractivity contribution in [1.29, 1.82) is 0 Å². The summed E-state index contributed by atoms with van der Waals surface area (Å²) in [7, 11) is 0. The summed E-state index contributed by atoms with van der Waals surface area (Å²) in [5.41, 5.74) is 1.91. The minimum absolute atomic E-state index is 0.247. The fourth-order valence-electron chi connectivity index (χ4n) is 3.23. The van der Waals surface area contributed by atoms with Gasteiger partial charge in [0.2, 0.25) is 5.58 Å². The molecule has 2 aromatic heterocycles. The van der Waals surface area contributed by atoms with Crippen LogP contribution in [0.4, 0.5) is 0 Å². The third-order valence-electron chi connectivity index (χ3n) is 4.69. The van der Waals surface area contributed by atoms with Crippen LogP contribution in [0, 0.1) is 0 Å². The van der Waals surface area contributed by atoms with Crippen LogP contribution in [0.25, 0.3) is 22.1 Å². The standard InChI is InChI=1S/C18H17N3O3/c22-18(12-5-3-9-19-12)24-17-15-14(20-16(21-17)10-7-8-10)11-4-1-2-6-13(11)23-15/h1-2,4,6,10,12,19H,3,5,7-9H2/t12-/m0/s1. The highest BCUT2D eigenvalue weighted by molar-refractivity contribution is 6.04. The number of benzene rings is 1. The van der Waals surface area contributed by atoms with Crippen molar-refractivity contribution in [3.63, 3.8) is 0 Å². The van der Waals surface area contributed by atoms with E-state index in [9.17, 15) is 4.79 Å². The average Bonchev–Trinajstić information content (AvgIpc) is 3.17. The molecule has 1 saturated heterocycles. The van der Waals surface area contributed by atoms with Crippen LogP contribution in [-0.2, 0) is 4.79 Å². The van der Waals surface area contributed by atoms with Crippen molar-refractivity contribution in [3.8, 4) is 5.88 Å². The Balaban J connectivity index is 1.63. The summed E-state index contributed by atoms with van der Waals surface area (Å²) >= 11 is 0. The van der Waals surface area contributed by atoms with E-state index in [4.69, 9.17) is 9.15 Å². The number of carbonyl (C=O) groups excluding carboxylic acids is 1. The highest BCUT2D eigenvalue weighted by Crippen LogP contribution is 2.41. The van der Waals surface area contributed by atoms with E-state index in [1.165, 1.54) is 0 Å². The van der Waals surface area contributed by atoms with Crippen molar-refractivity contribution in [1.82, 2.24) is 15.3 Å². The zero-order valence-electron chi connectivity index (χ0n) is 13.1. The summed E-state index contributed by atoms with van der Waals surface area (Å²) in [5, 5.41) is 4.08. The molecule has 0 bridgehead atoms. The predicted octanol–water partition coefficient (Wildman–Crippen LogP) is 2.91. The van der Waals surface area contributed by atoms with Crippen molar-refractivity contribution >= 4 is 28.0 Å². The summed E-state index contributed by atoms with van der Waals surface area (Å²) in [6, 6.07) is 7.45. The molecule has 0 unspecified atom stereocenters. The van der Waals surface area contributed by atoms with E-state index < -0.39 is 0 Å². The van der Waals surface area contributed by atoms with E-state index in [0.717, 1.165) is 54.5 Å². The lowest BCUT2D eigenvalue weighted by Gasteiger charge is -2.10. The molecule has 1 aromatic carbocycles. The molecular weight excluding hydrogens is 306 g/mol. The van der Waals surface area contributed by atoms with Crippen LogP contribution in [-0.4, -0.2) is 28.5 Å². The van der Waals surface area contributed by atoms with Gasteiger partial charge in [-0.2, -0.15) is 4.98 Å². The number of hydrogen-bond donors (Lipinski definition) is 1. The topological polar surface area (TPSA) is 77.2 Å². The lowest BCUT2D eigenvalue weighted by Crippen LogP contribution is -2.34. The minimum Gasteiger partial charge on any atom is -0.449 e. The summed E-state index contributed by atoms with van der Waals surface area (Å²) in [5.74, 6) is 1.06. The molecule has 6 nitrogen and oxygen atoms in total. The fraction of sp³-hybridized carbons (Fsp3) is 0.389. The molecule has 2 aliphatic rings. The number of hydrogen-bond acceptors (Lipinski definition) is 6. The van der Waals surface area contributed by atoms with Crippen molar-refractivity contribution in [2.24, 2.45) is 0 Å². The third-order valence-corrected chi connectivity index (χ3v) is 4.69. The highest BCUT2D eigenvalue weighted by atomic mass is 16.5. The van der Waals surface area contributed by atoms with Gasteiger partial charge in [0.15, 0.2) is 0 Å². The summed E-state index contributed by atoms with van der Waals surface area (Å²) < 4.78 is 11.5. The molecule has 0 spiro atoms. The number of fused-ring (bicyclic) bond motifs is 3. The molecule has 6 heteroatoms. The third kappa shape index (κ3) is 2.26. The second kappa shape index (κ2) is 5.27. The van der Waals surface area contributed by atoms with Gasteiger partial charge in [0.1, 0.15) is 23.0 Å². The smallest absolute Gasteiger partial charge is 0.329 e. The van der Waals surface area contributed by atoms with E-state index >= 15 is 0 Å². The normalized spacial score (nSPS) is 20.8. The number of esters is 1. The second-order valence-corrected chi connectivity index (χ2v) is 6.51. The molecule has 0 amide bonds. The lowest BCUT2D eigenvalue weighted by atomic mass is 10.2. The molecule has 2 fully saturated rings. The zero-order chi connectivity index (χ0) is 16.1. The molecule has 24 heavy (non-hydrogen) atoms. The monoisotopic (exact) mass is 323 g/mol. The van der Waals surface area contributed by atoms with Crippen LogP contribution in [0.3, 0.4) is 0 Å². The zero-order valence-corrected chi connectivity index (χ0v) is 13.1. The highest BCUT2D eigenvalue weighted by Gasteiger charge is 2.31. The Bertz CT molecular complexity index is 939. The first-order valence-electron chi connectivity index (χ1n) is 8.44. The van der Waals surface area contributed by atoms with E-state index in [-0.39, 0.29) is 17.9 Å². The first-order valence-corrected chi connectivity index (χ1v) is 8.44. The molecular formula is C18H17N3O3. The number of rotatable bonds is 3. The fourth-order valence-corrected chi connectivity index (χ4v) is 3.23. The van der Waals surface area contributed by atoms with Crippen LogP contribution in [0.1, 0.15) is 37.4 Å². The maximum Gasteiger partial charge on any atom is 0.329 e. The Morgan fingerprint density at radius 2 is 2.08 bits per heavy atom. The Kier molecular flexibility index (Phi) is 3.06. The van der Waals surface area contributed by atoms with E-state index in [0.29, 0.717) is 11.5 Å². The molecule has 0 radical (unpaired) electrons. The molecule has 1 saturated carbocycles. The summed E-state index contributed by atoms with van der Waals surface area (Å²) in [6.07, 6.45) is 3.94. The van der Waals surface area contributed by atoms with E-state index in [1.807, 2.05) is 24.3 Å². The summed E-state index contributed by atoms with van der Waals surface area (Å²) in [6.45, 7) is 0.844. The Labute approximate surface area is 138 Å². The van der Waals surface area contributed by atoms with E-state index in [1.54, 1.807) is 0 Å². The molecule has 1 aliphatic carbocycles. The maximum absolute atomic E-state index is 12.4. The molecule has 3 aromatic rings. The van der Waals surface area contributed by atoms with Gasteiger partial charge in [-0.25, -0.2) is 9.78 Å². The van der Waals surface area contributed by atoms with Gasteiger partial charge < -0.3 is 14.5 Å². The number of ether oxygens (including phenoxy) is 1. The Morgan fingerprint density at radius 3 is 2.88 bits per heavy atom. The number of carbonyl (C=O) groups is 1. The van der Waals surface area contributed by atoms with Crippen molar-refractivity contribution in [2.75, 3.05) is 6.54 Å². The van der Waals surface area contributed by atoms with Gasteiger partial charge in [-0.05, 0) is 44.4 Å². The maximum atomic E-state index is 12.4. The number of furan rings is 1. The SMILES string of the molecule is O=C(Oc1nc(C2CC2)nc2c1oc1ccccc12)[C@@H]1CCCN1. The van der Waals surface area contributed by atoms with Gasteiger partial charge in [0.05, 0.1) is 0 Å². The van der Waals surface area contributed by atoms with Crippen molar-refractivity contribution < 1.29 is 13.9 Å². The van der Waals surface area contributed by atoms with Crippen LogP contribution < -0.4 is 10.1 Å². The summed E-state index contributed by atoms with van der Waals surface area (Å²) in [4.78, 5) is 21.6. The number of nitrogens with zero attached hydrogens (tertiary/aromatic N) is 2. The largest absolute Gasteiger partial charge is 0.449 e. The average molecular weight is 323 g/mol. The number of nitrogens with one attached hydrogen (secondary N) is 1. The van der Waals surface area contributed by atoms with Gasteiger partial charge in [-0.1, -0.05) is 12.1 Å². The van der Waals surface area contributed by atoms with Gasteiger partial charge in [-0.15, -0.1) is 0 Å². The van der Waals surface area contributed by atoms with Crippen molar-refractivity contribution in [2.45, 2.75) is 37.6 Å². The number of para-hydroxylation sites is 1. The molecule has 1 atom stereocenters. The Morgan fingerprint density at radius 1 is 1.21 bits per heavy atom. The van der Waals surface area contributed by atoms with Crippen molar-refractivity contribution in [3.05, 3.63) is 30.1 Å². The van der Waals surface area contributed by atoms with Gasteiger partial charge >= 0.3 is 5.97 Å². The van der Waals surface area contributed by atoms with Crippen LogP contribution in [0.5, 0.6) is 5.88 Å². The number of aromatic nitrogens is 2. The first kappa shape index (κ1) is 13.9. The van der Waals surface area contributed by atoms with E-state index in [2.05, 4.69) is 15.3 Å². The molecule has 3 heterocycles. The van der Waals surface area contributed by atoms with Crippen LogP contribution in [0.15, 0.2) is 28.7 Å². The first-order chi connectivity index (χ1) is 11.8. The molecule has 1 aliphatic heterocycles. The van der Waals surface area contributed by atoms with Gasteiger partial charge in [0.25, 0.3) is 5.88 Å². The lowest BCUT2D eigenvalue weighted by molar-refractivity contribution is -0.136.